The molecule has 0 N–H and O–H groups in total. The fourth-order valence-corrected chi connectivity index (χ4v) is 11.2. The van der Waals surface area contributed by atoms with Gasteiger partial charge in [0.2, 0.25) is 0 Å². The van der Waals surface area contributed by atoms with Gasteiger partial charge in [-0.05, 0) is 106 Å². The third-order valence-electron chi connectivity index (χ3n) is 13.8. The standard InChI is InChI=1S/C61H42N2/c1-3-19-43(20-4-1)61(44-21-5-2-6-22-44)53-39-41(45-23-7-13-29-55(45)62-57-31-15-9-25-49(57)50-26-10-16-32-58(50)62)35-37-47(53)48-38-36-42(40-54(48)61)46-24-8-14-30-56(46)63-59-33-17-11-27-51(59)52-28-12-18-34-60(52)63/h1,3-5,7-40H,2,6H2. The Morgan fingerprint density at radius 2 is 0.762 bits per heavy atom. The van der Waals surface area contributed by atoms with Crippen molar-refractivity contribution in [2.75, 3.05) is 0 Å². The first-order chi connectivity index (χ1) is 31.3. The van der Waals surface area contributed by atoms with Crippen LogP contribution >= 0.6 is 0 Å². The molecule has 2 heteroatoms. The summed E-state index contributed by atoms with van der Waals surface area (Å²) in [6.45, 7) is 0. The lowest BCUT2D eigenvalue weighted by atomic mass is 9.65. The van der Waals surface area contributed by atoms with E-state index in [1.54, 1.807) is 0 Å². The maximum Gasteiger partial charge on any atom is 0.0710 e. The number of rotatable bonds is 6. The zero-order valence-electron chi connectivity index (χ0n) is 34.7. The Morgan fingerprint density at radius 3 is 1.21 bits per heavy atom. The topological polar surface area (TPSA) is 9.86 Å². The third-order valence-corrected chi connectivity index (χ3v) is 13.8. The Morgan fingerprint density at radius 1 is 0.349 bits per heavy atom. The van der Waals surface area contributed by atoms with E-state index in [1.165, 1.54) is 111 Å². The maximum absolute atomic E-state index is 2.52. The Bertz CT molecular complexity index is 3370. The van der Waals surface area contributed by atoms with Gasteiger partial charge in [-0.25, -0.2) is 0 Å². The molecule has 0 saturated heterocycles. The van der Waals surface area contributed by atoms with E-state index in [4.69, 9.17) is 0 Å². The molecule has 0 saturated carbocycles. The smallest absolute Gasteiger partial charge is 0.0710 e. The van der Waals surface area contributed by atoms with Gasteiger partial charge in [0.15, 0.2) is 0 Å². The van der Waals surface area contributed by atoms with Crippen molar-refractivity contribution >= 4 is 43.6 Å². The van der Waals surface area contributed by atoms with Gasteiger partial charge in [0.05, 0.1) is 38.9 Å². The SMILES string of the molecule is C1=CC(C2(c3ccccc3)c3cc(-c4ccccc4-n4c5ccccc5c5ccccc54)ccc3-c3ccc(-c4ccccc4-n4c5ccccc5c5ccccc54)cc32)=CCC1. The van der Waals surface area contributed by atoms with Gasteiger partial charge in [0, 0.05) is 32.7 Å². The molecule has 2 aromatic heterocycles. The normalized spacial score (nSPS) is 14.1. The van der Waals surface area contributed by atoms with Gasteiger partial charge in [-0.15, -0.1) is 0 Å². The molecule has 0 bridgehead atoms. The molecule has 0 amide bonds. The molecule has 0 spiro atoms. The van der Waals surface area contributed by atoms with E-state index >= 15 is 0 Å². The summed E-state index contributed by atoms with van der Waals surface area (Å²) in [4.78, 5) is 0. The van der Waals surface area contributed by atoms with Gasteiger partial charge >= 0.3 is 0 Å². The highest BCUT2D eigenvalue weighted by Crippen LogP contribution is 2.59. The van der Waals surface area contributed by atoms with E-state index in [-0.39, 0.29) is 0 Å². The van der Waals surface area contributed by atoms with Crippen LogP contribution in [0.1, 0.15) is 29.5 Å². The molecular formula is C61H42N2. The minimum Gasteiger partial charge on any atom is -0.309 e. The predicted octanol–water partition coefficient (Wildman–Crippen LogP) is 15.8. The first kappa shape index (κ1) is 35.8. The highest BCUT2D eigenvalue weighted by Gasteiger charge is 2.47. The van der Waals surface area contributed by atoms with Crippen molar-refractivity contribution in [3.05, 3.63) is 253 Å². The number of para-hydroxylation sites is 6. The summed E-state index contributed by atoms with van der Waals surface area (Å²) >= 11 is 0. The van der Waals surface area contributed by atoms with E-state index in [1.807, 2.05) is 0 Å². The van der Waals surface area contributed by atoms with Crippen molar-refractivity contribution in [3.63, 3.8) is 0 Å². The molecule has 0 aliphatic heterocycles. The van der Waals surface area contributed by atoms with Crippen LogP contribution in [-0.2, 0) is 5.41 Å². The van der Waals surface area contributed by atoms with Crippen molar-refractivity contribution in [2.24, 2.45) is 0 Å². The Labute approximate surface area is 367 Å². The van der Waals surface area contributed by atoms with Crippen molar-refractivity contribution < 1.29 is 0 Å². The monoisotopic (exact) mass is 802 g/mol. The van der Waals surface area contributed by atoms with Gasteiger partial charge in [-0.1, -0.05) is 182 Å². The Hall–Kier alpha value is -7.94. The molecule has 2 heterocycles. The largest absolute Gasteiger partial charge is 0.309 e. The van der Waals surface area contributed by atoms with Crippen LogP contribution in [-0.4, -0.2) is 9.13 Å². The average molecular weight is 803 g/mol. The number of benzene rings is 9. The molecule has 9 aromatic carbocycles. The summed E-state index contributed by atoms with van der Waals surface area (Å²) < 4.78 is 4.92. The molecular weight excluding hydrogens is 761 g/mol. The molecule has 2 aliphatic carbocycles. The Kier molecular flexibility index (Phi) is 7.98. The van der Waals surface area contributed by atoms with E-state index in [0.717, 1.165) is 12.8 Å². The molecule has 2 nitrogen and oxygen atoms in total. The van der Waals surface area contributed by atoms with Crippen LogP contribution in [0.2, 0.25) is 0 Å². The molecule has 63 heavy (non-hydrogen) atoms. The second-order valence-corrected chi connectivity index (χ2v) is 17.0. The lowest BCUT2D eigenvalue weighted by Gasteiger charge is -2.36. The fraction of sp³-hybridized carbons (Fsp3) is 0.0492. The van der Waals surface area contributed by atoms with E-state index in [9.17, 15) is 0 Å². The van der Waals surface area contributed by atoms with Crippen molar-refractivity contribution in [3.8, 4) is 44.8 Å². The lowest BCUT2D eigenvalue weighted by Crippen LogP contribution is -2.29. The van der Waals surface area contributed by atoms with Gasteiger partial charge in [-0.3, -0.25) is 0 Å². The maximum atomic E-state index is 2.52. The van der Waals surface area contributed by atoms with Gasteiger partial charge in [0.1, 0.15) is 0 Å². The average Bonchev–Trinajstić information content (AvgIpc) is 3.98. The number of hydrogen-bond donors (Lipinski definition) is 0. The van der Waals surface area contributed by atoms with Crippen LogP contribution < -0.4 is 0 Å². The van der Waals surface area contributed by atoms with Crippen molar-refractivity contribution in [1.82, 2.24) is 9.13 Å². The van der Waals surface area contributed by atoms with Crippen LogP contribution in [0.25, 0.3) is 88.4 Å². The first-order valence-electron chi connectivity index (χ1n) is 22.2. The van der Waals surface area contributed by atoms with Crippen molar-refractivity contribution in [2.45, 2.75) is 18.3 Å². The predicted molar refractivity (Wildman–Crippen MR) is 264 cm³/mol. The second kappa shape index (κ2) is 14.1. The van der Waals surface area contributed by atoms with Gasteiger partial charge < -0.3 is 9.13 Å². The van der Waals surface area contributed by atoms with Crippen LogP contribution in [0.4, 0.5) is 0 Å². The lowest BCUT2D eigenvalue weighted by molar-refractivity contribution is 0.752. The van der Waals surface area contributed by atoms with Gasteiger partial charge in [-0.2, -0.15) is 0 Å². The molecule has 2 aliphatic rings. The van der Waals surface area contributed by atoms with Crippen molar-refractivity contribution in [1.29, 1.82) is 0 Å². The van der Waals surface area contributed by atoms with Gasteiger partial charge in [0.25, 0.3) is 0 Å². The zero-order valence-corrected chi connectivity index (χ0v) is 34.7. The Balaban J connectivity index is 1.06. The van der Waals surface area contributed by atoms with E-state index in [0.29, 0.717) is 0 Å². The van der Waals surface area contributed by atoms with Crippen LogP contribution in [0.3, 0.4) is 0 Å². The molecule has 11 aromatic rings. The molecule has 0 fully saturated rings. The number of nitrogens with zero attached hydrogens (tertiary/aromatic N) is 2. The summed E-state index contributed by atoms with van der Waals surface area (Å²) in [7, 11) is 0. The molecule has 296 valence electrons. The fourth-order valence-electron chi connectivity index (χ4n) is 11.2. The number of allylic oxidation sites excluding steroid dienone is 4. The summed E-state index contributed by atoms with van der Waals surface area (Å²) in [5.41, 5.74) is 19.3. The highest BCUT2D eigenvalue weighted by atomic mass is 15.0. The summed E-state index contributed by atoms with van der Waals surface area (Å²) in [6.07, 6.45) is 9.35. The highest BCUT2D eigenvalue weighted by molar-refractivity contribution is 6.11. The number of fused-ring (bicyclic) bond motifs is 9. The van der Waals surface area contributed by atoms with E-state index in [2.05, 4.69) is 240 Å². The molecule has 0 radical (unpaired) electrons. The number of hydrogen-bond acceptors (Lipinski definition) is 0. The van der Waals surface area contributed by atoms with Crippen LogP contribution in [0, 0.1) is 0 Å². The van der Waals surface area contributed by atoms with Crippen LogP contribution in [0.15, 0.2) is 236 Å². The molecule has 13 rings (SSSR count). The van der Waals surface area contributed by atoms with Crippen LogP contribution in [0.5, 0.6) is 0 Å². The number of aromatic nitrogens is 2. The third kappa shape index (κ3) is 5.19. The zero-order chi connectivity index (χ0) is 41.5. The quantitative estimate of drug-likeness (QED) is 0.158. The summed E-state index contributed by atoms with van der Waals surface area (Å²) in [5, 5.41) is 5.06. The summed E-state index contributed by atoms with van der Waals surface area (Å²) in [5.74, 6) is 0. The second-order valence-electron chi connectivity index (χ2n) is 17.0. The minimum atomic E-state index is -0.543. The molecule has 0 unspecified atom stereocenters. The summed E-state index contributed by atoms with van der Waals surface area (Å²) in [6, 6.07) is 78.9. The minimum absolute atomic E-state index is 0.543. The first-order valence-corrected chi connectivity index (χ1v) is 22.2. The van der Waals surface area contributed by atoms with E-state index < -0.39 is 5.41 Å². The molecule has 0 atom stereocenters.